The summed E-state index contributed by atoms with van der Waals surface area (Å²) in [6.07, 6.45) is 3.27. The minimum absolute atomic E-state index is 0.278. The van der Waals surface area contributed by atoms with Crippen molar-refractivity contribution in [2.24, 2.45) is 10.2 Å². The number of ether oxygens (including phenoxy) is 1. The molecule has 2 aromatic carbocycles. The predicted octanol–water partition coefficient (Wildman–Crippen LogP) is 3.91. The first-order valence-corrected chi connectivity index (χ1v) is 10.6. The van der Waals surface area contributed by atoms with Crippen LogP contribution in [0, 0.1) is 0 Å². The Hall–Kier alpha value is -3.27. The highest BCUT2D eigenvalue weighted by Crippen LogP contribution is 2.16. The number of rotatable bonds is 7. The van der Waals surface area contributed by atoms with Gasteiger partial charge in [-0.2, -0.15) is 25.2 Å². The van der Waals surface area contributed by atoms with Gasteiger partial charge in [0.15, 0.2) is 0 Å². The molecule has 164 valence electrons. The smallest absolute Gasteiger partial charge is 0.250 e. The summed E-state index contributed by atoms with van der Waals surface area (Å²) in [5.41, 5.74) is 7.38. The second kappa shape index (κ2) is 10.9. The Kier molecular flexibility index (Phi) is 7.44. The summed E-state index contributed by atoms with van der Waals surface area (Å²) in [6, 6.07) is 14.7. The molecule has 1 aromatic heterocycles. The molecule has 11 heteroatoms. The third-order valence-electron chi connectivity index (χ3n) is 4.37. The topological polar surface area (TPSA) is 99.9 Å². The van der Waals surface area contributed by atoms with Crippen LogP contribution in [0.2, 0.25) is 10.0 Å². The molecule has 0 spiro atoms. The number of morpholine rings is 1. The van der Waals surface area contributed by atoms with Gasteiger partial charge in [-0.15, -0.1) is 0 Å². The summed E-state index contributed by atoms with van der Waals surface area (Å²) in [7, 11) is 0. The highest BCUT2D eigenvalue weighted by molar-refractivity contribution is 6.31. The van der Waals surface area contributed by atoms with Gasteiger partial charge < -0.3 is 9.64 Å². The molecule has 0 aliphatic carbocycles. The van der Waals surface area contributed by atoms with E-state index in [4.69, 9.17) is 27.9 Å². The molecular weight excluding hydrogens is 451 g/mol. The number of halogens is 2. The van der Waals surface area contributed by atoms with Gasteiger partial charge in [0.05, 0.1) is 25.6 Å². The van der Waals surface area contributed by atoms with Crippen LogP contribution in [0.25, 0.3) is 0 Å². The molecule has 2 N–H and O–H groups in total. The van der Waals surface area contributed by atoms with Gasteiger partial charge in [0.25, 0.3) is 0 Å². The van der Waals surface area contributed by atoms with Crippen molar-refractivity contribution in [3.63, 3.8) is 0 Å². The SMILES string of the molecule is Clc1cccc(/C=N/Nc2nc(N/N=C/c3cccc(Cl)c3)nc(N3CCOCC3)n2)c1. The standard InChI is InChI=1S/C21H20Cl2N8O/c22-17-5-1-3-15(11-17)13-24-29-19-26-20(28-21(27-19)31-7-9-32-10-8-31)30-25-14-16-4-2-6-18(23)12-16/h1-6,11-14H,7-10H2,(H2,26,27,28,29,30)/b24-13+,25-14+. The van der Waals surface area contributed by atoms with Gasteiger partial charge in [-0.05, 0) is 35.4 Å². The van der Waals surface area contributed by atoms with E-state index >= 15 is 0 Å². The number of hydrogen-bond donors (Lipinski definition) is 2. The summed E-state index contributed by atoms with van der Waals surface area (Å²) < 4.78 is 5.42. The summed E-state index contributed by atoms with van der Waals surface area (Å²) >= 11 is 12.0. The molecule has 4 rings (SSSR count). The number of anilines is 3. The molecule has 0 atom stereocenters. The Morgan fingerprint density at radius 2 is 1.34 bits per heavy atom. The number of hydrazone groups is 2. The maximum atomic E-state index is 6.01. The van der Waals surface area contributed by atoms with Crippen molar-refractivity contribution in [1.82, 2.24) is 15.0 Å². The second-order valence-corrected chi connectivity index (χ2v) is 7.60. The average molecular weight is 471 g/mol. The number of hydrogen-bond acceptors (Lipinski definition) is 9. The first kappa shape index (κ1) is 21.9. The number of benzene rings is 2. The molecule has 2 heterocycles. The lowest BCUT2D eigenvalue weighted by atomic mass is 10.2. The molecule has 32 heavy (non-hydrogen) atoms. The maximum Gasteiger partial charge on any atom is 0.250 e. The second-order valence-electron chi connectivity index (χ2n) is 6.73. The van der Waals surface area contributed by atoms with Crippen LogP contribution in [0.4, 0.5) is 17.8 Å². The van der Waals surface area contributed by atoms with E-state index in [1.165, 1.54) is 0 Å². The van der Waals surface area contributed by atoms with Crippen LogP contribution in [0.3, 0.4) is 0 Å². The fourth-order valence-electron chi connectivity index (χ4n) is 2.87. The number of nitrogens with one attached hydrogen (secondary N) is 2. The van der Waals surface area contributed by atoms with Gasteiger partial charge in [-0.1, -0.05) is 47.5 Å². The van der Waals surface area contributed by atoms with Gasteiger partial charge in [0.2, 0.25) is 17.8 Å². The third kappa shape index (κ3) is 6.36. The summed E-state index contributed by atoms with van der Waals surface area (Å²) in [5, 5.41) is 9.68. The van der Waals surface area contributed by atoms with E-state index in [9.17, 15) is 0 Å². The van der Waals surface area contributed by atoms with Gasteiger partial charge >= 0.3 is 0 Å². The third-order valence-corrected chi connectivity index (χ3v) is 4.84. The normalized spacial score (nSPS) is 14.2. The van der Waals surface area contributed by atoms with Crippen LogP contribution < -0.4 is 15.8 Å². The Labute approximate surface area is 195 Å². The largest absolute Gasteiger partial charge is 0.378 e. The highest BCUT2D eigenvalue weighted by atomic mass is 35.5. The van der Waals surface area contributed by atoms with Crippen LogP contribution in [0.15, 0.2) is 58.7 Å². The van der Waals surface area contributed by atoms with E-state index in [1.54, 1.807) is 36.7 Å². The zero-order chi connectivity index (χ0) is 22.2. The molecule has 0 radical (unpaired) electrons. The lowest BCUT2D eigenvalue weighted by Crippen LogP contribution is -2.37. The minimum atomic E-state index is 0.278. The van der Waals surface area contributed by atoms with Crippen LogP contribution in [-0.4, -0.2) is 53.7 Å². The Bertz CT molecular complexity index is 1040. The van der Waals surface area contributed by atoms with Crippen molar-refractivity contribution >= 4 is 53.5 Å². The van der Waals surface area contributed by atoms with E-state index in [1.807, 2.05) is 29.2 Å². The van der Waals surface area contributed by atoms with Crippen molar-refractivity contribution in [3.8, 4) is 0 Å². The monoisotopic (exact) mass is 470 g/mol. The number of nitrogens with zero attached hydrogens (tertiary/aromatic N) is 6. The maximum absolute atomic E-state index is 6.01. The Morgan fingerprint density at radius 1 is 0.812 bits per heavy atom. The Balaban J connectivity index is 1.52. The molecule has 1 fully saturated rings. The van der Waals surface area contributed by atoms with Gasteiger partial charge in [0, 0.05) is 23.1 Å². The van der Waals surface area contributed by atoms with Crippen LogP contribution in [0.5, 0.6) is 0 Å². The van der Waals surface area contributed by atoms with Crippen LogP contribution in [-0.2, 0) is 4.74 Å². The summed E-state index contributed by atoms with van der Waals surface area (Å²) in [4.78, 5) is 15.3. The molecule has 3 aromatic rings. The van der Waals surface area contributed by atoms with E-state index in [2.05, 4.69) is 36.0 Å². The summed E-state index contributed by atoms with van der Waals surface area (Å²) in [6.45, 7) is 2.58. The van der Waals surface area contributed by atoms with Crippen molar-refractivity contribution in [2.75, 3.05) is 42.1 Å². The first-order chi connectivity index (χ1) is 15.7. The predicted molar refractivity (Wildman–Crippen MR) is 128 cm³/mol. The molecule has 1 aliphatic rings. The quantitative estimate of drug-likeness (QED) is 0.398. The van der Waals surface area contributed by atoms with Gasteiger partial charge in [-0.3, -0.25) is 0 Å². The van der Waals surface area contributed by atoms with Gasteiger partial charge in [-0.25, -0.2) is 10.9 Å². The highest BCUT2D eigenvalue weighted by Gasteiger charge is 2.16. The van der Waals surface area contributed by atoms with Crippen molar-refractivity contribution < 1.29 is 4.74 Å². The van der Waals surface area contributed by atoms with E-state index in [0.717, 1.165) is 11.1 Å². The average Bonchev–Trinajstić information content (AvgIpc) is 2.80. The van der Waals surface area contributed by atoms with Crippen molar-refractivity contribution in [3.05, 3.63) is 69.7 Å². The fraction of sp³-hybridized carbons (Fsp3) is 0.190. The molecule has 1 saturated heterocycles. The molecule has 0 bridgehead atoms. The minimum Gasteiger partial charge on any atom is -0.378 e. The van der Waals surface area contributed by atoms with Crippen molar-refractivity contribution in [2.45, 2.75) is 0 Å². The first-order valence-electron chi connectivity index (χ1n) is 9.84. The van der Waals surface area contributed by atoms with Crippen molar-refractivity contribution in [1.29, 1.82) is 0 Å². The molecule has 0 unspecified atom stereocenters. The molecule has 9 nitrogen and oxygen atoms in total. The number of aromatic nitrogens is 3. The fourth-order valence-corrected chi connectivity index (χ4v) is 3.27. The van der Waals surface area contributed by atoms with Crippen LogP contribution >= 0.6 is 23.2 Å². The molecule has 1 aliphatic heterocycles. The Morgan fingerprint density at radius 3 is 1.84 bits per heavy atom. The summed E-state index contributed by atoms with van der Waals surface area (Å²) in [5.74, 6) is 1.06. The zero-order valence-corrected chi connectivity index (χ0v) is 18.5. The van der Waals surface area contributed by atoms with E-state index in [-0.39, 0.29) is 11.9 Å². The van der Waals surface area contributed by atoms with Gasteiger partial charge in [0.1, 0.15) is 0 Å². The van der Waals surface area contributed by atoms with E-state index in [0.29, 0.717) is 42.3 Å². The molecular formula is C21H20Cl2N8O. The molecule has 0 saturated carbocycles. The van der Waals surface area contributed by atoms with Crippen LogP contribution in [0.1, 0.15) is 11.1 Å². The lowest BCUT2D eigenvalue weighted by Gasteiger charge is -2.26. The van der Waals surface area contributed by atoms with E-state index < -0.39 is 0 Å². The molecule has 0 amide bonds. The zero-order valence-electron chi connectivity index (χ0n) is 16.9. The lowest BCUT2D eigenvalue weighted by molar-refractivity contribution is 0.122.